The van der Waals surface area contributed by atoms with Gasteiger partial charge in [-0.3, -0.25) is 4.79 Å². The van der Waals surface area contributed by atoms with Crippen LogP contribution in [0.3, 0.4) is 0 Å². The maximum Gasteiger partial charge on any atom is 0.255 e. The second-order valence-electron chi connectivity index (χ2n) is 8.44. The van der Waals surface area contributed by atoms with E-state index >= 15 is 0 Å². The van der Waals surface area contributed by atoms with Crippen LogP contribution in [-0.4, -0.2) is 20.7 Å². The fourth-order valence-corrected chi connectivity index (χ4v) is 5.92. The van der Waals surface area contributed by atoms with E-state index in [1.807, 2.05) is 79.4 Å². The van der Waals surface area contributed by atoms with E-state index in [0.717, 1.165) is 33.0 Å². The predicted molar refractivity (Wildman–Crippen MR) is 144 cm³/mol. The monoisotopic (exact) mass is 521 g/mol. The van der Waals surface area contributed by atoms with Gasteiger partial charge in [-0.15, -0.1) is 16.4 Å². The molecule has 1 aliphatic rings. The van der Waals surface area contributed by atoms with E-state index in [-0.39, 0.29) is 11.9 Å². The number of rotatable bonds is 6. The van der Waals surface area contributed by atoms with Gasteiger partial charge in [0.2, 0.25) is 11.1 Å². The molecule has 178 valence electrons. The van der Waals surface area contributed by atoms with Crippen molar-refractivity contribution in [2.75, 3.05) is 10.6 Å². The molecule has 0 spiro atoms. The highest BCUT2D eigenvalue weighted by atomic mass is 35.5. The number of carbonyl (C=O) groups excluding carboxylic acids is 1. The van der Waals surface area contributed by atoms with Crippen molar-refractivity contribution in [3.05, 3.63) is 97.8 Å². The minimum absolute atomic E-state index is 0.158. The highest BCUT2D eigenvalue weighted by Crippen LogP contribution is 2.38. The van der Waals surface area contributed by atoms with Crippen molar-refractivity contribution in [1.82, 2.24) is 14.8 Å². The van der Waals surface area contributed by atoms with Crippen LogP contribution in [0.25, 0.3) is 0 Å². The second-order valence-corrected chi connectivity index (χ2v) is 10.8. The number of allylic oxidation sites excluding steroid dienone is 1. The Morgan fingerprint density at radius 2 is 2.03 bits per heavy atom. The van der Waals surface area contributed by atoms with Crippen LogP contribution in [0.4, 0.5) is 11.6 Å². The first-order valence-electron chi connectivity index (χ1n) is 11.1. The Bertz CT molecular complexity index is 1430. The zero-order chi connectivity index (χ0) is 24.5. The average Bonchev–Trinajstić information content (AvgIpc) is 3.48. The summed E-state index contributed by atoms with van der Waals surface area (Å²) in [6.45, 7) is 5.95. The zero-order valence-electron chi connectivity index (χ0n) is 19.5. The fourth-order valence-electron chi connectivity index (χ4n) is 4.11. The average molecular weight is 522 g/mol. The van der Waals surface area contributed by atoms with Crippen molar-refractivity contribution in [3.63, 3.8) is 0 Å². The van der Waals surface area contributed by atoms with E-state index in [1.54, 1.807) is 11.3 Å². The topological polar surface area (TPSA) is 71.8 Å². The summed E-state index contributed by atoms with van der Waals surface area (Å²) in [5.74, 6) is 1.16. The van der Waals surface area contributed by atoms with Crippen molar-refractivity contribution >= 4 is 52.2 Å². The van der Waals surface area contributed by atoms with E-state index in [2.05, 4.69) is 16.7 Å². The Labute approximate surface area is 217 Å². The van der Waals surface area contributed by atoms with Gasteiger partial charge in [-0.25, -0.2) is 4.68 Å². The smallest absolute Gasteiger partial charge is 0.255 e. The molecule has 6 nitrogen and oxygen atoms in total. The number of amides is 1. The maximum atomic E-state index is 13.6. The third-order valence-corrected chi connectivity index (χ3v) is 7.85. The van der Waals surface area contributed by atoms with Gasteiger partial charge in [0.25, 0.3) is 5.91 Å². The molecule has 0 radical (unpaired) electrons. The number of benzene rings is 2. The summed E-state index contributed by atoms with van der Waals surface area (Å²) in [6.07, 6.45) is 0. The van der Waals surface area contributed by atoms with Crippen molar-refractivity contribution < 1.29 is 4.79 Å². The maximum absolute atomic E-state index is 13.6. The summed E-state index contributed by atoms with van der Waals surface area (Å²) in [4.78, 5) is 19.3. The summed E-state index contributed by atoms with van der Waals surface area (Å²) in [5, 5.41) is 14.6. The lowest BCUT2D eigenvalue weighted by atomic mass is 10.0. The Balaban J connectivity index is 1.45. The van der Waals surface area contributed by atoms with Crippen LogP contribution in [0.15, 0.2) is 76.4 Å². The molecule has 0 bridgehead atoms. The lowest BCUT2D eigenvalue weighted by Gasteiger charge is -2.27. The molecule has 35 heavy (non-hydrogen) atoms. The van der Waals surface area contributed by atoms with E-state index in [4.69, 9.17) is 21.7 Å². The molecule has 1 aliphatic heterocycles. The summed E-state index contributed by atoms with van der Waals surface area (Å²) in [7, 11) is 0. The van der Waals surface area contributed by atoms with Crippen LogP contribution < -0.4 is 10.6 Å². The normalized spacial score (nSPS) is 15.0. The number of carbonyl (C=O) groups is 1. The van der Waals surface area contributed by atoms with Crippen molar-refractivity contribution in [2.45, 2.75) is 37.7 Å². The van der Waals surface area contributed by atoms with Crippen molar-refractivity contribution in [3.8, 4) is 0 Å². The third kappa shape index (κ3) is 5.00. The number of anilines is 2. The van der Waals surface area contributed by atoms with E-state index in [9.17, 15) is 4.79 Å². The molecular weight excluding hydrogens is 498 g/mol. The van der Waals surface area contributed by atoms with Gasteiger partial charge in [-0.05, 0) is 61.5 Å². The first-order chi connectivity index (χ1) is 16.9. The van der Waals surface area contributed by atoms with Gasteiger partial charge in [0.15, 0.2) is 0 Å². The van der Waals surface area contributed by atoms with Crippen LogP contribution in [0.1, 0.15) is 34.5 Å². The Morgan fingerprint density at radius 1 is 1.17 bits per heavy atom. The van der Waals surface area contributed by atoms with Crippen LogP contribution in [0.5, 0.6) is 0 Å². The summed E-state index contributed by atoms with van der Waals surface area (Å²) in [5.41, 5.74) is 5.46. The van der Waals surface area contributed by atoms with Gasteiger partial charge in [0.05, 0.1) is 5.57 Å². The number of fused-ring (bicyclic) bond motifs is 1. The summed E-state index contributed by atoms with van der Waals surface area (Å²) in [6, 6.07) is 17.4. The van der Waals surface area contributed by atoms with Crippen LogP contribution in [-0.2, 0) is 10.5 Å². The summed E-state index contributed by atoms with van der Waals surface area (Å²) >= 11 is 9.26. The van der Waals surface area contributed by atoms with Crippen molar-refractivity contribution in [1.29, 1.82) is 0 Å². The lowest BCUT2D eigenvalue weighted by molar-refractivity contribution is -0.113. The number of aromatic nitrogens is 3. The molecule has 5 rings (SSSR count). The fraction of sp³-hybridized carbons (Fsp3) is 0.192. The van der Waals surface area contributed by atoms with Gasteiger partial charge in [-0.1, -0.05) is 59.3 Å². The van der Waals surface area contributed by atoms with Gasteiger partial charge in [0.1, 0.15) is 6.04 Å². The Morgan fingerprint density at radius 3 is 2.77 bits per heavy atom. The largest absolute Gasteiger partial charge is 0.328 e. The van der Waals surface area contributed by atoms with E-state index in [0.29, 0.717) is 27.5 Å². The van der Waals surface area contributed by atoms with Crippen LogP contribution in [0.2, 0.25) is 5.02 Å². The minimum atomic E-state index is -0.370. The molecule has 2 aromatic heterocycles. The quantitative estimate of drug-likeness (QED) is 0.272. The van der Waals surface area contributed by atoms with Crippen LogP contribution >= 0.6 is 34.7 Å². The standard InChI is InChI=1S/C26H24ClN5OS2/c1-15-9-10-20(16(2)12-15)29-24(33)22-17(3)28-25-30-26(35-14-18-6-4-7-19(27)13-18)31-32(25)23(22)21-8-5-11-34-21/h4-13,23H,14H2,1-3H3,(H,29,33)(H,28,30,31). The molecule has 0 fully saturated rings. The van der Waals surface area contributed by atoms with Crippen LogP contribution in [0, 0.1) is 13.8 Å². The first-order valence-corrected chi connectivity index (χ1v) is 13.4. The first kappa shape index (κ1) is 23.7. The van der Waals surface area contributed by atoms with Gasteiger partial charge in [-0.2, -0.15) is 4.98 Å². The Kier molecular flexibility index (Phi) is 6.69. The highest BCUT2D eigenvalue weighted by molar-refractivity contribution is 7.98. The van der Waals surface area contributed by atoms with E-state index < -0.39 is 0 Å². The SMILES string of the molecule is CC1=C(C(=O)Nc2ccc(C)cc2C)C(c2cccs2)n2nc(SCc3cccc(Cl)c3)nc2N1. The number of hydrogen-bond donors (Lipinski definition) is 2. The lowest BCUT2D eigenvalue weighted by Crippen LogP contribution is -2.31. The predicted octanol–water partition coefficient (Wildman–Crippen LogP) is 6.83. The number of thiophene rings is 1. The molecule has 0 saturated heterocycles. The van der Waals surface area contributed by atoms with Gasteiger partial charge >= 0.3 is 0 Å². The third-order valence-electron chi connectivity index (χ3n) is 5.78. The minimum Gasteiger partial charge on any atom is -0.328 e. The molecule has 2 N–H and O–H groups in total. The number of thioether (sulfide) groups is 1. The van der Waals surface area contributed by atoms with Crippen molar-refractivity contribution in [2.24, 2.45) is 0 Å². The number of hydrogen-bond acceptors (Lipinski definition) is 6. The molecule has 3 heterocycles. The molecule has 0 saturated carbocycles. The molecule has 1 unspecified atom stereocenters. The number of nitrogens with zero attached hydrogens (tertiary/aromatic N) is 3. The number of halogens is 1. The van der Waals surface area contributed by atoms with Gasteiger partial charge < -0.3 is 10.6 Å². The van der Waals surface area contributed by atoms with Gasteiger partial charge in [0, 0.05) is 27.0 Å². The molecule has 0 aliphatic carbocycles. The molecule has 2 aromatic carbocycles. The highest BCUT2D eigenvalue weighted by Gasteiger charge is 2.35. The molecule has 4 aromatic rings. The zero-order valence-corrected chi connectivity index (χ0v) is 21.9. The molecule has 1 atom stereocenters. The second kappa shape index (κ2) is 9.89. The number of aryl methyl sites for hydroxylation is 2. The Hall–Kier alpha value is -3.07. The molecule has 1 amide bonds. The molecule has 9 heteroatoms. The van der Waals surface area contributed by atoms with E-state index in [1.165, 1.54) is 11.8 Å². The number of nitrogens with one attached hydrogen (secondary N) is 2. The molecular formula is C26H24ClN5OS2. The summed E-state index contributed by atoms with van der Waals surface area (Å²) < 4.78 is 1.82.